The minimum absolute atomic E-state index is 0.167. The summed E-state index contributed by atoms with van der Waals surface area (Å²) in [6.45, 7) is 4.06. The molecule has 10 nitrogen and oxygen atoms in total. The van der Waals surface area contributed by atoms with E-state index < -0.39 is 38.5 Å². The zero-order valence-corrected chi connectivity index (χ0v) is 24.7. The number of carbonyl (C=O) groups is 1. The molecule has 2 aromatic heterocycles. The first-order valence-electron chi connectivity index (χ1n) is 13.1. The highest BCUT2D eigenvalue weighted by molar-refractivity contribution is 7.91. The molecule has 0 unspecified atom stereocenters. The Morgan fingerprint density at radius 3 is 2.33 bits per heavy atom. The van der Waals surface area contributed by atoms with Crippen molar-refractivity contribution >= 4 is 21.4 Å². The lowest BCUT2D eigenvalue weighted by molar-refractivity contribution is -0.141. The quantitative estimate of drug-likeness (QED) is 0.227. The van der Waals surface area contributed by atoms with Crippen molar-refractivity contribution in [3.8, 4) is 22.8 Å². The number of aromatic nitrogens is 4. The van der Waals surface area contributed by atoms with E-state index in [1.54, 1.807) is 11.6 Å². The number of benzene rings is 2. The minimum atomic E-state index is -4.93. The maximum Gasteiger partial charge on any atom is 0.433 e. The maximum absolute atomic E-state index is 13.7. The van der Waals surface area contributed by atoms with E-state index in [1.807, 2.05) is 37.3 Å². The fourth-order valence-corrected chi connectivity index (χ4v) is 5.54. The van der Waals surface area contributed by atoms with Gasteiger partial charge < -0.3 is 14.8 Å². The van der Waals surface area contributed by atoms with E-state index in [-0.39, 0.29) is 29.8 Å². The molecule has 0 atom stereocenters. The Hall–Kier alpha value is -4.46. The van der Waals surface area contributed by atoms with Gasteiger partial charge in [-0.25, -0.2) is 18.4 Å². The first kappa shape index (κ1) is 31.5. The summed E-state index contributed by atoms with van der Waals surface area (Å²) >= 11 is 0. The Morgan fingerprint density at radius 2 is 1.67 bits per heavy atom. The van der Waals surface area contributed by atoms with Crippen molar-refractivity contribution in [2.75, 3.05) is 25.3 Å². The van der Waals surface area contributed by atoms with Crippen molar-refractivity contribution in [2.24, 2.45) is 0 Å². The number of amides is 1. The zero-order chi connectivity index (χ0) is 31.4. The lowest BCUT2D eigenvalue weighted by Crippen LogP contribution is -2.18. The van der Waals surface area contributed by atoms with Crippen LogP contribution < -0.4 is 14.8 Å². The first-order valence-corrected chi connectivity index (χ1v) is 14.8. The molecule has 43 heavy (non-hydrogen) atoms. The fraction of sp³-hybridized carbons (Fsp3) is 0.310. The van der Waals surface area contributed by atoms with Crippen LogP contribution in [0.15, 0.2) is 59.8 Å². The SMILES string of the molecule is COc1ccc(-c2cc(C(F)(F)F)nc(S(=O)(=O)CCCC(=O)Nc3c(C)nn(Cc4ccccc4)c3C)n2)cc1OC. The molecule has 14 heteroatoms. The summed E-state index contributed by atoms with van der Waals surface area (Å²) in [6.07, 6.45) is -5.31. The van der Waals surface area contributed by atoms with Crippen molar-refractivity contribution < 1.29 is 35.9 Å². The summed E-state index contributed by atoms with van der Waals surface area (Å²) in [4.78, 5) is 20.0. The molecule has 228 valence electrons. The second-order valence-electron chi connectivity index (χ2n) is 9.65. The molecule has 0 aliphatic heterocycles. The molecule has 0 bridgehead atoms. The number of ether oxygens (including phenoxy) is 2. The van der Waals surface area contributed by atoms with Crippen LogP contribution in [0.2, 0.25) is 0 Å². The second-order valence-corrected chi connectivity index (χ2v) is 11.7. The molecule has 0 saturated heterocycles. The lowest BCUT2D eigenvalue weighted by atomic mass is 10.1. The number of anilines is 1. The molecule has 0 fully saturated rings. The number of methoxy groups -OCH3 is 2. The number of nitrogens with one attached hydrogen (secondary N) is 1. The summed E-state index contributed by atoms with van der Waals surface area (Å²) in [5.74, 6) is -0.551. The van der Waals surface area contributed by atoms with E-state index in [0.29, 0.717) is 29.7 Å². The molecule has 0 spiro atoms. The number of hydrogen-bond acceptors (Lipinski definition) is 8. The smallest absolute Gasteiger partial charge is 0.433 e. The van der Waals surface area contributed by atoms with E-state index in [2.05, 4.69) is 20.4 Å². The van der Waals surface area contributed by atoms with Crippen LogP contribution in [0.1, 0.15) is 35.5 Å². The highest BCUT2D eigenvalue weighted by atomic mass is 32.2. The third kappa shape index (κ3) is 7.49. The van der Waals surface area contributed by atoms with Crippen LogP contribution in [-0.2, 0) is 27.4 Å². The average Bonchev–Trinajstić information content (AvgIpc) is 3.23. The standard InChI is InChI=1S/C29H30F3N5O5S/c1-18-27(19(2)37(36-18)17-20-9-6-5-7-10-20)35-26(38)11-8-14-43(39,40)28-33-22(16-25(34-28)29(30,31)32)21-12-13-23(41-3)24(15-21)42-4/h5-7,9-10,12-13,15-16H,8,11,14,17H2,1-4H3,(H,35,38). The molecule has 4 aromatic rings. The van der Waals surface area contributed by atoms with Crippen molar-refractivity contribution in [2.45, 2.75) is 44.6 Å². The largest absolute Gasteiger partial charge is 0.493 e. The summed E-state index contributed by atoms with van der Waals surface area (Å²) in [5.41, 5.74) is 1.35. The molecule has 0 aliphatic carbocycles. The highest BCUT2D eigenvalue weighted by Crippen LogP contribution is 2.35. The van der Waals surface area contributed by atoms with Gasteiger partial charge in [0.2, 0.25) is 20.9 Å². The third-order valence-corrected chi connectivity index (χ3v) is 8.16. The van der Waals surface area contributed by atoms with Gasteiger partial charge in [0.25, 0.3) is 0 Å². The van der Waals surface area contributed by atoms with E-state index in [1.165, 1.54) is 32.4 Å². The number of carbonyl (C=O) groups excluding carboxylic acids is 1. The van der Waals surface area contributed by atoms with Crippen LogP contribution >= 0.6 is 0 Å². The number of halogens is 3. The summed E-state index contributed by atoms with van der Waals surface area (Å²) < 4.78 is 79.3. The second kappa shape index (κ2) is 12.8. The molecular formula is C29H30F3N5O5S. The molecule has 4 rings (SSSR count). The summed E-state index contributed by atoms with van der Waals surface area (Å²) in [6, 6.07) is 14.6. The molecular weight excluding hydrogens is 587 g/mol. The van der Waals surface area contributed by atoms with E-state index in [9.17, 15) is 26.4 Å². The van der Waals surface area contributed by atoms with Gasteiger partial charge in [0.05, 0.1) is 49.3 Å². The van der Waals surface area contributed by atoms with Gasteiger partial charge in [-0.15, -0.1) is 0 Å². The predicted molar refractivity (Wildman–Crippen MR) is 153 cm³/mol. The Bertz CT molecular complexity index is 1720. The Balaban J connectivity index is 1.48. The lowest BCUT2D eigenvalue weighted by Gasteiger charge is -2.13. The average molecular weight is 618 g/mol. The molecule has 0 aliphatic rings. The van der Waals surface area contributed by atoms with Gasteiger partial charge in [0, 0.05) is 12.0 Å². The van der Waals surface area contributed by atoms with Gasteiger partial charge in [-0.3, -0.25) is 9.48 Å². The molecule has 1 amide bonds. The number of rotatable bonds is 11. The molecule has 1 N–H and O–H groups in total. The van der Waals surface area contributed by atoms with E-state index in [4.69, 9.17) is 9.47 Å². The number of sulfone groups is 1. The highest BCUT2D eigenvalue weighted by Gasteiger charge is 2.35. The van der Waals surface area contributed by atoms with Crippen molar-refractivity contribution in [3.05, 3.63) is 77.2 Å². The predicted octanol–water partition coefficient (Wildman–Crippen LogP) is 5.23. The third-order valence-electron chi connectivity index (χ3n) is 6.59. The fourth-order valence-electron chi connectivity index (χ4n) is 4.36. The topological polar surface area (TPSA) is 125 Å². The van der Waals surface area contributed by atoms with Crippen LogP contribution in [0.3, 0.4) is 0 Å². The van der Waals surface area contributed by atoms with Gasteiger partial charge in [-0.1, -0.05) is 30.3 Å². The minimum Gasteiger partial charge on any atom is -0.493 e. The molecule has 0 radical (unpaired) electrons. The number of nitrogens with zero attached hydrogens (tertiary/aromatic N) is 4. The van der Waals surface area contributed by atoms with E-state index in [0.717, 1.165) is 11.3 Å². The Morgan fingerprint density at radius 1 is 0.977 bits per heavy atom. The van der Waals surface area contributed by atoms with Crippen molar-refractivity contribution in [1.29, 1.82) is 0 Å². The zero-order valence-electron chi connectivity index (χ0n) is 23.9. The molecule has 0 saturated carbocycles. The number of alkyl halides is 3. The monoisotopic (exact) mass is 617 g/mol. The van der Waals surface area contributed by atoms with Gasteiger partial charge in [-0.2, -0.15) is 18.3 Å². The first-order chi connectivity index (χ1) is 20.3. The number of aryl methyl sites for hydroxylation is 1. The van der Waals surface area contributed by atoms with Crippen molar-refractivity contribution in [1.82, 2.24) is 19.7 Å². The Labute approximate surface area is 246 Å². The number of hydrogen-bond donors (Lipinski definition) is 1. The Kier molecular flexibility index (Phi) is 9.38. The van der Waals surface area contributed by atoms with Crippen LogP contribution in [0.25, 0.3) is 11.3 Å². The van der Waals surface area contributed by atoms with Gasteiger partial charge in [0.15, 0.2) is 11.5 Å². The van der Waals surface area contributed by atoms with Gasteiger partial charge >= 0.3 is 6.18 Å². The summed E-state index contributed by atoms with van der Waals surface area (Å²) in [7, 11) is -1.64. The molecule has 2 aromatic carbocycles. The van der Waals surface area contributed by atoms with E-state index >= 15 is 0 Å². The van der Waals surface area contributed by atoms with Crippen LogP contribution in [-0.4, -0.2) is 54.0 Å². The van der Waals surface area contributed by atoms with Gasteiger partial charge in [-0.05, 0) is 50.1 Å². The van der Waals surface area contributed by atoms with Crippen LogP contribution in [0, 0.1) is 13.8 Å². The molecule has 2 heterocycles. The van der Waals surface area contributed by atoms with Crippen LogP contribution in [0.5, 0.6) is 11.5 Å². The summed E-state index contributed by atoms with van der Waals surface area (Å²) in [5, 5.41) is 6.27. The van der Waals surface area contributed by atoms with Crippen molar-refractivity contribution in [3.63, 3.8) is 0 Å². The normalized spacial score (nSPS) is 11.8. The van der Waals surface area contributed by atoms with Crippen LogP contribution in [0.4, 0.5) is 18.9 Å². The van der Waals surface area contributed by atoms with Gasteiger partial charge in [0.1, 0.15) is 5.69 Å². The maximum atomic E-state index is 13.7.